The molecule has 0 aliphatic rings. The van der Waals surface area contributed by atoms with Gasteiger partial charge in [0.15, 0.2) is 0 Å². The summed E-state index contributed by atoms with van der Waals surface area (Å²) in [5.41, 5.74) is 0. The fourth-order valence-electron chi connectivity index (χ4n) is 0.416. The second kappa shape index (κ2) is 4.56. The monoisotopic (exact) mass is 227 g/mol. The van der Waals surface area contributed by atoms with Gasteiger partial charge in [0.1, 0.15) is 0 Å². The number of rotatable bonds is 3. The smallest absolute Gasteiger partial charge is 0.00681 e. The van der Waals surface area contributed by atoms with Crippen LogP contribution in [0.1, 0.15) is 13.3 Å². The molecule has 0 aliphatic carbocycles. The zero-order valence-corrected chi connectivity index (χ0v) is 7.97. The van der Waals surface area contributed by atoms with Crippen LogP contribution in [0.2, 0.25) is 0 Å². The highest BCUT2D eigenvalue weighted by atomic mass is 127. The van der Waals surface area contributed by atoms with E-state index in [9.17, 15) is 0 Å². The Morgan fingerprint density at radius 3 is 2.12 bits per heavy atom. The molecule has 0 heterocycles. The second-order valence-electron chi connectivity index (χ2n) is 2.29. The standard InChI is InChI=1S/C6H14IN/c1-6(4-5-7)8(2)3/h6H,4-5H2,1-3H3. The summed E-state index contributed by atoms with van der Waals surface area (Å²) in [4.78, 5) is 2.25. The van der Waals surface area contributed by atoms with Crippen molar-refractivity contribution in [2.75, 3.05) is 18.5 Å². The van der Waals surface area contributed by atoms with Crippen molar-refractivity contribution in [1.29, 1.82) is 0 Å². The molecular formula is C6H14IN. The molecule has 1 nitrogen and oxygen atoms in total. The van der Waals surface area contributed by atoms with Crippen LogP contribution in [0.5, 0.6) is 0 Å². The van der Waals surface area contributed by atoms with E-state index in [0.29, 0.717) is 0 Å². The van der Waals surface area contributed by atoms with E-state index in [1.165, 1.54) is 10.8 Å². The van der Waals surface area contributed by atoms with Crippen LogP contribution in [0.25, 0.3) is 0 Å². The van der Waals surface area contributed by atoms with Crippen molar-refractivity contribution < 1.29 is 0 Å². The Balaban J connectivity index is 3.17. The summed E-state index contributed by atoms with van der Waals surface area (Å²) in [6, 6.07) is 0.742. The molecule has 0 bridgehead atoms. The van der Waals surface area contributed by atoms with Crippen molar-refractivity contribution in [3.63, 3.8) is 0 Å². The van der Waals surface area contributed by atoms with Gasteiger partial charge in [-0.3, -0.25) is 0 Å². The van der Waals surface area contributed by atoms with Gasteiger partial charge < -0.3 is 4.90 Å². The first-order valence-corrected chi connectivity index (χ1v) is 4.43. The zero-order chi connectivity index (χ0) is 6.57. The first kappa shape index (κ1) is 8.69. The number of nitrogens with zero attached hydrogens (tertiary/aromatic N) is 1. The highest BCUT2D eigenvalue weighted by Crippen LogP contribution is 1.99. The van der Waals surface area contributed by atoms with E-state index in [1.54, 1.807) is 0 Å². The van der Waals surface area contributed by atoms with E-state index in [4.69, 9.17) is 0 Å². The Morgan fingerprint density at radius 1 is 1.50 bits per heavy atom. The number of hydrogen-bond acceptors (Lipinski definition) is 1. The fraction of sp³-hybridized carbons (Fsp3) is 1.00. The zero-order valence-electron chi connectivity index (χ0n) is 5.82. The second-order valence-corrected chi connectivity index (χ2v) is 3.37. The van der Waals surface area contributed by atoms with Gasteiger partial charge in [0.25, 0.3) is 0 Å². The van der Waals surface area contributed by atoms with Gasteiger partial charge in [-0.15, -0.1) is 0 Å². The molecule has 0 saturated heterocycles. The molecule has 2 heteroatoms. The van der Waals surface area contributed by atoms with Crippen molar-refractivity contribution in [3.8, 4) is 0 Å². The quantitative estimate of drug-likeness (QED) is 0.524. The Kier molecular flexibility index (Phi) is 4.95. The van der Waals surface area contributed by atoms with Crippen LogP contribution in [0.15, 0.2) is 0 Å². The molecule has 0 N–H and O–H groups in total. The van der Waals surface area contributed by atoms with Crippen LogP contribution < -0.4 is 0 Å². The summed E-state index contributed by atoms with van der Waals surface area (Å²) in [5, 5.41) is 0. The summed E-state index contributed by atoms with van der Waals surface area (Å²) in [6.45, 7) is 2.25. The third-order valence-corrected chi connectivity index (χ3v) is 2.03. The number of alkyl halides is 1. The van der Waals surface area contributed by atoms with E-state index in [-0.39, 0.29) is 0 Å². The maximum atomic E-state index is 2.41. The SMILES string of the molecule is CC(CCI)N(C)C. The van der Waals surface area contributed by atoms with Crippen LogP contribution in [-0.4, -0.2) is 29.5 Å². The lowest BCUT2D eigenvalue weighted by atomic mass is 10.2. The van der Waals surface area contributed by atoms with Crippen LogP contribution in [0.4, 0.5) is 0 Å². The van der Waals surface area contributed by atoms with E-state index in [1.807, 2.05) is 0 Å². The number of halogens is 1. The summed E-state index contributed by atoms with van der Waals surface area (Å²) >= 11 is 2.41. The predicted molar refractivity (Wildman–Crippen MR) is 46.7 cm³/mol. The first-order chi connectivity index (χ1) is 3.68. The van der Waals surface area contributed by atoms with Crippen LogP contribution in [0.3, 0.4) is 0 Å². The van der Waals surface area contributed by atoms with E-state index < -0.39 is 0 Å². The molecule has 0 saturated carbocycles. The van der Waals surface area contributed by atoms with Gasteiger partial charge in [-0.25, -0.2) is 0 Å². The normalized spacial score (nSPS) is 14.6. The maximum absolute atomic E-state index is 2.41. The molecule has 0 aromatic carbocycles. The Bertz CT molecular complexity index is 54.5. The molecule has 0 fully saturated rings. The molecule has 0 aliphatic heterocycles. The molecule has 0 radical (unpaired) electrons. The third-order valence-electron chi connectivity index (χ3n) is 1.41. The lowest BCUT2D eigenvalue weighted by molar-refractivity contribution is 0.309. The van der Waals surface area contributed by atoms with Crippen molar-refractivity contribution in [2.45, 2.75) is 19.4 Å². The van der Waals surface area contributed by atoms with Crippen molar-refractivity contribution in [3.05, 3.63) is 0 Å². The molecule has 1 atom stereocenters. The topological polar surface area (TPSA) is 3.24 Å². The minimum Gasteiger partial charge on any atom is -0.307 e. The largest absolute Gasteiger partial charge is 0.307 e. The minimum atomic E-state index is 0.742. The third kappa shape index (κ3) is 3.66. The lowest BCUT2D eigenvalue weighted by Gasteiger charge is -2.17. The Hall–Kier alpha value is 0.690. The molecule has 0 aromatic rings. The molecule has 0 spiro atoms. The van der Waals surface area contributed by atoms with Gasteiger partial charge in [0.05, 0.1) is 0 Å². The predicted octanol–water partition coefficient (Wildman–Crippen LogP) is 1.76. The van der Waals surface area contributed by atoms with Gasteiger partial charge in [-0.05, 0) is 27.4 Å². The van der Waals surface area contributed by atoms with E-state index in [2.05, 4.69) is 48.5 Å². The maximum Gasteiger partial charge on any atom is 0.00681 e. The van der Waals surface area contributed by atoms with Gasteiger partial charge in [0, 0.05) is 10.5 Å². The van der Waals surface area contributed by atoms with Crippen LogP contribution in [0, 0.1) is 0 Å². The highest BCUT2D eigenvalue weighted by Gasteiger charge is 2.00. The minimum absolute atomic E-state index is 0.742. The van der Waals surface area contributed by atoms with E-state index >= 15 is 0 Å². The molecule has 0 aromatic heterocycles. The van der Waals surface area contributed by atoms with Gasteiger partial charge in [-0.2, -0.15) is 0 Å². The van der Waals surface area contributed by atoms with E-state index in [0.717, 1.165) is 6.04 Å². The fourth-order valence-corrected chi connectivity index (χ4v) is 1.32. The average molecular weight is 227 g/mol. The molecule has 1 unspecified atom stereocenters. The van der Waals surface area contributed by atoms with Crippen molar-refractivity contribution >= 4 is 22.6 Å². The highest BCUT2D eigenvalue weighted by molar-refractivity contribution is 14.1. The van der Waals surface area contributed by atoms with Crippen LogP contribution in [-0.2, 0) is 0 Å². The summed E-state index contributed by atoms with van der Waals surface area (Å²) in [7, 11) is 4.24. The Morgan fingerprint density at radius 2 is 2.00 bits per heavy atom. The molecule has 8 heavy (non-hydrogen) atoms. The molecule has 0 rings (SSSR count). The Labute approximate surface area is 65.6 Å². The first-order valence-electron chi connectivity index (χ1n) is 2.91. The van der Waals surface area contributed by atoms with Gasteiger partial charge in [-0.1, -0.05) is 22.6 Å². The summed E-state index contributed by atoms with van der Waals surface area (Å²) < 4.78 is 1.26. The van der Waals surface area contributed by atoms with Gasteiger partial charge >= 0.3 is 0 Å². The molecular weight excluding hydrogens is 213 g/mol. The molecule has 50 valence electrons. The van der Waals surface area contributed by atoms with Gasteiger partial charge in [0.2, 0.25) is 0 Å². The van der Waals surface area contributed by atoms with Crippen LogP contribution >= 0.6 is 22.6 Å². The summed E-state index contributed by atoms with van der Waals surface area (Å²) in [6.07, 6.45) is 1.30. The number of hydrogen-bond donors (Lipinski definition) is 0. The molecule has 0 amide bonds. The van der Waals surface area contributed by atoms with Crippen molar-refractivity contribution in [1.82, 2.24) is 4.90 Å². The lowest BCUT2D eigenvalue weighted by Crippen LogP contribution is -2.24. The van der Waals surface area contributed by atoms with Crippen molar-refractivity contribution in [2.24, 2.45) is 0 Å². The average Bonchev–Trinajstić information content (AvgIpc) is 1.67. The summed E-state index contributed by atoms with van der Waals surface area (Å²) in [5.74, 6) is 0.